The number of hydrogen-bond donors (Lipinski definition) is 2. The molecule has 0 radical (unpaired) electrons. The van der Waals surface area contributed by atoms with Gasteiger partial charge in [0.25, 0.3) is 0 Å². The van der Waals surface area contributed by atoms with Gasteiger partial charge in [0, 0.05) is 26.2 Å². The summed E-state index contributed by atoms with van der Waals surface area (Å²) in [4.78, 5) is 16.0. The highest BCUT2D eigenvalue weighted by molar-refractivity contribution is 5.74. The number of urea groups is 1. The summed E-state index contributed by atoms with van der Waals surface area (Å²) in [6.45, 7) is 2.16. The van der Waals surface area contributed by atoms with Crippen LogP contribution in [0.5, 0.6) is 0 Å². The van der Waals surface area contributed by atoms with Gasteiger partial charge in [0.1, 0.15) is 5.76 Å². The van der Waals surface area contributed by atoms with Crippen LogP contribution in [0, 0.1) is 5.92 Å². The standard InChI is InChI=1S/C15H25N3O3/c1-17(2)13(14-4-3-9-21-14)10-16-15(20)18-7-5-12(11-19)6-8-18/h3-4,9,12-13,19H,5-8,10-11H2,1-2H3,(H,16,20)/t13-/m0/s1. The SMILES string of the molecule is CN(C)[C@@H](CNC(=O)N1CCC(CO)CC1)c1ccco1. The van der Waals surface area contributed by atoms with Crippen LogP contribution in [-0.4, -0.2) is 61.3 Å². The molecule has 1 aliphatic rings. The summed E-state index contributed by atoms with van der Waals surface area (Å²) >= 11 is 0. The largest absolute Gasteiger partial charge is 0.468 e. The molecule has 1 aromatic rings. The van der Waals surface area contributed by atoms with Gasteiger partial charge < -0.3 is 19.7 Å². The highest BCUT2D eigenvalue weighted by atomic mass is 16.3. The topological polar surface area (TPSA) is 69.0 Å². The number of aliphatic hydroxyl groups excluding tert-OH is 1. The molecule has 1 aliphatic heterocycles. The van der Waals surface area contributed by atoms with Gasteiger partial charge in [-0.2, -0.15) is 0 Å². The summed E-state index contributed by atoms with van der Waals surface area (Å²) in [5.74, 6) is 1.19. The highest BCUT2D eigenvalue weighted by Gasteiger charge is 2.24. The van der Waals surface area contributed by atoms with E-state index in [4.69, 9.17) is 9.52 Å². The minimum Gasteiger partial charge on any atom is -0.468 e. The number of amides is 2. The molecule has 1 saturated heterocycles. The minimum absolute atomic E-state index is 0.0268. The monoisotopic (exact) mass is 295 g/mol. The lowest BCUT2D eigenvalue weighted by Gasteiger charge is -2.32. The molecule has 0 saturated carbocycles. The molecular formula is C15H25N3O3. The Labute approximate surface area is 125 Å². The summed E-state index contributed by atoms with van der Waals surface area (Å²) < 4.78 is 5.43. The molecule has 0 aromatic carbocycles. The third-order valence-corrected chi connectivity index (χ3v) is 4.10. The van der Waals surface area contributed by atoms with Gasteiger partial charge in [-0.1, -0.05) is 0 Å². The number of rotatable bonds is 5. The number of nitrogens with one attached hydrogen (secondary N) is 1. The average Bonchev–Trinajstić information content (AvgIpc) is 3.01. The second kappa shape index (κ2) is 7.47. The molecule has 2 heterocycles. The van der Waals surface area contributed by atoms with Gasteiger partial charge in [-0.15, -0.1) is 0 Å². The fourth-order valence-corrected chi connectivity index (χ4v) is 2.63. The predicted molar refractivity (Wildman–Crippen MR) is 79.9 cm³/mol. The van der Waals surface area contributed by atoms with Gasteiger partial charge in [0.2, 0.25) is 0 Å². The molecule has 2 amide bonds. The number of carbonyl (C=O) groups is 1. The summed E-state index contributed by atoms with van der Waals surface area (Å²) in [5, 5.41) is 12.1. The Bertz CT molecular complexity index is 425. The number of hydrogen-bond acceptors (Lipinski definition) is 4. The first-order chi connectivity index (χ1) is 10.1. The molecule has 6 nitrogen and oxygen atoms in total. The Morgan fingerprint density at radius 2 is 2.24 bits per heavy atom. The van der Waals surface area contributed by atoms with Crippen LogP contribution in [0.4, 0.5) is 4.79 Å². The Balaban J connectivity index is 1.82. The van der Waals surface area contributed by atoms with E-state index in [0.717, 1.165) is 18.6 Å². The number of furan rings is 1. The maximum absolute atomic E-state index is 12.2. The van der Waals surface area contributed by atoms with Crippen LogP contribution in [0.3, 0.4) is 0 Å². The van der Waals surface area contributed by atoms with E-state index in [1.165, 1.54) is 0 Å². The van der Waals surface area contributed by atoms with Crippen LogP contribution < -0.4 is 5.32 Å². The van der Waals surface area contributed by atoms with Crippen molar-refractivity contribution in [1.82, 2.24) is 15.1 Å². The van der Waals surface area contributed by atoms with E-state index >= 15 is 0 Å². The second-order valence-electron chi connectivity index (χ2n) is 5.79. The van der Waals surface area contributed by atoms with E-state index in [1.807, 2.05) is 36.0 Å². The van der Waals surface area contributed by atoms with Crippen molar-refractivity contribution in [3.8, 4) is 0 Å². The van der Waals surface area contributed by atoms with Crippen molar-refractivity contribution in [2.45, 2.75) is 18.9 Å². The van der Waals surface area contributed by atoms with Crippen LogP contribution in [0.25, 0.3) is 0 Å². The molecule has 0 unspecified atom stereocenters. The van der Waals surface area contributed by atoms with E-state index in [-0.39, 0.29) is 18.7 Å². The lowest BCUT2D eigenvalue weighted by molar-refractivity contribution is 0.135. The molecule has 6 heteroatoms. The number of carbonyl (C=O) groups excluding carboxylic acids is 1. The van der Waals surface area contributed by atoms with Crippen LogP contribution in [0.1, 0.15) is 24.6 Å². The number of likely N-dealkylation sites (tertiary alicyclic amines) is 1. The smallest absolute Gasteiger partial charge is 0.317 e. The maximum Gasteiger partial charge on any atom is 0.317 e. The van der Waals surface area contributed by atoms with Gasteiger partial charge in [-0.3, -0.25) is 4.90 Å². The Hall–Kier alpha value is -1.53. The lowest BCUT2D eigenvalue weighted by atomic mass is 9.98. The van der Waals surface area contributed by atoms with E-state index in [1.54, 1.807) is 6.26 Å². The Kier molecular flexibility index (Phi) is 5.64. The van der Waals surface area contributed by atoms with Crippen molar-refractivity contribution in [2.24, 2.45) is 5.92 Å². The normalized spacial score (nSPS) is 18.0. The maximum atomic E-state index is 12.2. The quantitative estimate of drug-likeness (QED) is 0.859. The van der Waals surface area contributed by atoms with Gasteiger partial charge in [-0.25, -0.2) is 4.79 Å². The fourth-order valence-electron chi connectivity index (χ4n) is 2.63. The summed E-state index contributed by atoms with van der Waals surface area (Å²) in [7, 11) is 3.93. The fraction of sp³-hybridized carbons (Fsp3) is 0.667. The van der Waals surface area contributed by atoms with Crippen LogP contribution in [-0.2, 0) is 0 Å². The summed E-state index contributed by atoms with van der Waals surface area (Å²) in [6.07, 6.45) is 3.39. The number of aliphatic hydroxyl groups is 1. The first kappa shape index (κ1) is 15.9. The molecule has 0 aliphatic carbocycles. The molecule has 1 atom stereocenters. The molecular weight excluding hydrogens is 270 g/mol. The van der Waals surface area contributed by atoms with Crippen molar-refractivity contribution in [3.05, 3.63) is 24.2 Å². The highest BCUT2D eigenvalue weighted by Crippen LogP contribution is 2.19. The molecule has 0 spiro atoms. The van der Waals surface area contributed by atoms with E-state index in [0.29, 0.717) is 25.6 Å². The molecule has 1 aromatic heterocycles. The van der Waals surface area contributed by atoms with Gasteiger partial charge >= 0.3 is 6.03 Å². The van der Waals surface area contributed by atoms with Crippen LogP contribution >= 0.6 is 0 Å². The third-order valence-electron chi connectivity index (χ3n) is 4.10. The molecule has 21 heavy (non-hydrogen) atoms. The first-order valence-corrected chi connectivity index (χ1v) is 7.45. The first-order valence-electron chi connectivity index (χ1n) is 7.45. The van der Waals surface area contributed by atoms with Crippen molar-refractivity contribution in [3.63, 3.8) is 0 Å². The minimum atomic E-state index is -0.0372. The molecule has 2 N–H and O–H groups in total. The average molecular weight is 295 g/mol. The van der Waals surface area contributed by atoms with Gasteiger partial charge in [0.15, 0.2) is 0 Å². The molecule has 118 valence electrons. The molecule has 1 fully saturated rings. The summed E-state index contributed by atoms with van der Waals surface area (Å²) in [5.41, 5.74) is 0. The van der Waals surface area contributed by atoms with Crippen molar-refractivity contribution in [1.29, 1.82) is 0 Å². The number of likely N-dealkylation sites (N-methyl/N-ethyl adjacent to an activating group) is 1. The zero-order chi connectivity index (χ0) is 15.2. The van der Waals surface area contributed by atoms with Crippen LogP contribution in [0.15, 0.2) is 22.8 Å². The molecule has 2 rings (SSSR count). The van der Waals surface area contributed by atoms with Gasteiger partial charge in [-0.05, 0) is 45.0 Å². The Morgan fingerprint density at radius 1 is 1.52 bits per heavy atom. The van der Waals surface area contributed by atoms with E-state index < -0.39 is 0 Å². The number of nitrogens with zero attached hydrogens (tertiary/aromatic N) is 2. The van der Waals surface area contributed by atoms with Crippen molar-refractivity contribution < 1.29 is 14.3 Å². The zero-order valence-electron chi connectivity index (χ0n) is 12.8. The number of piperidine rings is 1. The lowest BCUT2D eigenvalue weighted by Crippen LogP contribution is -2.46. The second-order valence-corrected chi connectivity index (χ2v) is 5.79. The van der Waals surface area contributed by atoms with Crippen LogP contribution in [0.2, 0.25) is 0 Å². The van der Waals surface area contributed by atoms with Crippen molar-refractivity contribution in [2.75, 3.05) is 40.3 Å². The predicted octanol–water partition coefficient (Wildman–Crippen LogP) is 1.30. The van der Waals surface area contributed by atoms with E-state index in [9.17, 15) is 4.79 Å². The third kappa shape index (κ3) is 4.22. The zero-order valence-corrected chi connectivity index (χ0v) is 12.8. The van der Waals surface area contributed by atoms with Crippen molar-refractivity contribution >= 4 is 6.03 Å². The molecule has 0 bridgehead atoms. The Morgan fingerprint density at radius 3 is 2.76 bits per heavy atom. The summed E-state index contributed by atoms with van der Waals surface area (Å²) in [6, 6.07) is 3.76. The van der Waals surface area contributed by atoms with Gasteiger partial charge in [0.05, 0.1) is 12.3 Å². The van der Waals surface area contributed by atoms with E-state index in [2.05, 4.69) is 5.32 Å².